The molecule has 0 aliphatic heterocycles. The minimum absolute atomic E-state index is 0.0722. The lowest BCUT2D eigenvalue weighted by Gasteiger charge is -2.49. The SMILES string of the molecule is CC(C)=C[C@]12C=CC(=O)C=C1[C@@H](F)CC(C1C[C@@H](C)[C@](O)(C(=O)SCF)[C@@]1(C)CC=O)C2. The number of alkyl halides is 2. The van der Waals surface area contributed by atoms with Crippen LogP contribution in [0, 0.1) is 28.6 Å². The Bertz CT molecular complexity index is 892. The molecule has 32 heavy (non-hydrogen) atoms. The van der Waals surface area contributed by atoms with Crippen molar-refractivity contribution >= 4 is 28.9 Å². The Morgan fingerprint density at radius 2 is 2.03 bits per heavy atom. The Kier molecular flexibility index (Phi) is 7.02. The van der Waals surface area contributed by atoms with Gasteiger partial charge in [0.05, 0.1) is 0 Å². The minimum Gasteiger partial charge on any atom is -0.380 e. The second-order valence-corrected chi connectivity index (χ2v) is 11.0. The summed E-state index contributed by atoms with van der Waals surface area (Å²) in [4.78, 5) is 36.5. The number of carbonyl (C=O) groups excluding carboxylic acids is 3. The largest absolute Gasteiger partial charge is 0.380 e. The summed E-state index contributed by atoms with van der Waals surface area (Å²) in [6.45, 7) is 7.30. The van der Waals surface area contributed by atoms with E-state index in [1.54, 1.807) is 19.9 Å². The molecule has 1 N–H and O–H groups in total. The van der Waals surface area contributed by atoms with E-state index >= 15 is 4.39 Å². The molecule has 0 spiro atoms. The molecule has 2 saturated carbocycles. The smallest absolute Gasteiger partial charge is 0.223 e. The van der Waals surface area contributed by atoms with E-state index in [9.17, 15) is 23.9 Å². The van der Waals surface area contributed by atoms with Gasteiger partial charge >= 0.3 is 0 Å². The van der Waals surface area contributed by atoms with Crippen LogP contribution < -0.4 is 0 Å². The summed E-state index contributed by atoms with van der Waals surface area (Å²) in [5.41, 5.74) is -2.33. The zero-order chi connectivity index (χ0) is 23.9. The van der Waals surface area contributed by atoms with Crippen LogP contribution >= 0.6 is 11.8 Å². The number of halogens is 2. The molecule has 0 saturated heterocycles. The van der Waals surface area contributed by atoms with E-state index in [2.05, 4.69) is 0 Å². The summed E-state index contributed by atoms with van der Waals surface area (Å²) in [5.74, 6) is -1.28. The first-order chi connectivity index (χ1) is 14.9. The predicted molar refractivity (Wildman–Crippen MR) is 121 cm³/mol. The van der Waals surface area contributed by atoms with Gasteiger partial charge in [0.15, 0.2) is 5.78 Å². The summed E-state index contributed by atoms with van der Waals surface area (Å²) in [6.07, 6.45) is 6.97. The molecule has 3 aliphatic carbocycles. The van der Waals surface area contributed by atoms with Crippen molar-refractivity contribution < 1.29 is 28.3 Å². The van der Waals surface area contributed by atoms with Gasteiger partial charge in [0.2, 0.25) is 5.12 Å². The summed E-state index contributed by atoms with van der Waals surface area (Å²) in [5, 5.41) is 10.9. The fraction of sp³-hybridized carbons (Fsp3) is 0.640. The third-order valence-corrected chi connectivity index (χ3v) is 8.64. The molecule has 0 bridgehead atoms. The zero-order valence-corrected chi connectivity index (χ0v) is 19.9. The Balaban J connectivity index is 2.07. The van der Waals surface area contributed by atoms with Gasteiger partial charge in [-0.05, 0) is 68.6 Å². The molecule has 176 valence electrons. The van der Waals surface area contributed by atoms with Gasteiger partial charge in [-0.15, -0.1) is 0 Å². The highest BCUT2D eigenvalue weighted by molar-refractivity contribution is 8.13. The van der Waals surface area contributed by atoms with E-state index in [4.69, 9.17) is 0 Å². The number of aldehydes is 1. The summed E-state index contributed by atoms with van der Waals surface area (Å²) < 4.78 is 28.5. The second kappa shape index (κ2) is 8.98. The van der Waals surface area contributed by atoms with Gasteiger partial charge < -0.3 is 9.90 Å². The molecular weight excluding hydrogens is 434 g/mol. The van der Waals surface area contributed by atoms with Crippen molar-refractivity contribution in [2.75, 3.05) is 6.01 Å². The molecule has 0 aromatic heterocycles. The first-order valence-corrected chi connectivity index (χ1v) is 12.1. The molecule has 0 aromatic carbocycles. The van der Waals surface area contributed by atoms with Crippen LogP contribution in [0.15, 0.2) is 35.5 Å². The maximum Gasteiger partial charge on any atom is 0.223 e. The van der Waals surface area contributed by atoms with Crippen molar-refractivity contribution in [1.29, 1.82) is 0 Å². The van der Waals surface area contributed by atoms with Crippen LogP contribution in [0.25, 0.3) is 0 Å². The van der Waals surface area contributed by atoms with Crippen molar-refractivity contribution in [3.63, 3.8) is 0 Å². The van der Waals surface area contributed by atoms with Crippen molar-refractivity contribution in [3.8, 4) is 0 Å². The molecule has 3 rings (SSSR count). The number of thioether (sulfide) groups is 1. The predicted octanol–water partition coefficient (Wildman–Crippen LogP) is 4.92. The lowest BCUT2D eigenvalue weighted by Crippen LogP contribution is -2.55. The van der Waals surface area contributed by atoms with Crippen molar-refractivity contribution in [1.82, 2.24) is 0 Å². The van der Waals surface area contributed by atoms with Crippen LogP contribution in [0.3, 0.4) is 0 Å². The number of allylic oxidation sites excluding steroid dienone is 6. The van der Waals surface area contributed by atoms with E-state index in [1.165, 1.54) is 12.2 Å². The highest BCUT2D eigenvalue weighted by atomic mass is 32.2. The Morgan fingerprint density at radius 3 is 2.62 bits per heavy atom. The number of aliphatic hydroxyl groups is 1. The molecule has 2 fully saturated rings. The number of ketones is 1. The van der Waals surface area contributed by atoms with Crippen LogP contribution in [0.1, 0.15) is 53.4 Å². The second-order valence-electron chi connectivity index (χ2n) is 10.1. The maximum atomic E-state index is 15.6. The van der Waals surface area contributed by atoms with Crippen LogP contribution in [-0.2, 0) is 14.4 Å². The third kappa shape index (κ3) is 3.85. The molecule has 7 atom stereocenters. The van der Waals surface area contributed by atoms with Gasteiger partial charge in [-0.3, -0.25) is 9.59 Å². The Morgan fingerprint density at radius 1 is 1.34 bits per heavy atom. The number of fused-ring (bicyclic) bond motifs is 1. The van der Waals surface area contributed by atoms with Crippen LogP contribution in [0.5, 0.6) is 0 Å². The summed E-state index contributed by atoms with van der Waals surface area (Å²) >= 11 is 0.422. The van der Waals surface area contributed by atoms with Gasteiger partial charge in [0.1, 0.15) is 24.1 Å². The molecule has 0 aromatic rings. The molecule has 0 amide bonds. The average molecular weight is 467 g/mol. The molecule has 4 nitrogen and oxygen atoms in total. The average Bonchev–Trinajstić information content (AvgIpc) is 2.91. The van der Waals surface area contributed by atoms with Crippen molar-refractivity contribution in [2.24, 2.45) is 28.6 Å². The molecule has 0 radical (unpaired) electrons. The fourth-order valence-electron chi connectivity index (χ4n) is 6.60. The van der Waals surface area contributed by atoms with Crippen molar-refractivity contribution in [3.05, 3.63) is 35.5 Å². The van der Waals surface area contributed by atoms with Gasteiger partial charge in [0, 0.05) is 17.3 Å². The number of hydrogen-bond donors (Lipinski definition) is 1. The van der Waals surface area contributed by atoms with Gasteiger partial charge in [-0.2, -0.15) is 0 Å². The zero-order valence-electron chi connectivity index (χ0n) is 19.1. The first kappa shape index (κ1) is 25.0. The van der Waals surface area contributed by atoms with Crippen molar-refractivity contribution in [2.45, 2.75) is 65.2 Å². The molecular formula is C25H32F2O4S. The van der Waals surface area contributed by atoms with E-state index in [-0.39, 0.29) is 30.5 Å². The van der Waals surface area contributed by atoms with E-state index in [0.717, 1.165) is 5.57 Å². The van der Waals surface area contributed by atoms with E-state index < -0.39 is 39.6 Å². The standard InChI is InChI=1S/C25H32F2O4S/c1-15(2)12-24-6-5-18(29)11-20(24)21(27)10-17(13-24)19-9-16(3)25(31,22(30)32-14-26)23(19,4)7-8-28/h5-6,8,11-12,16-17,19,21,31H,7,9-10,13-14H2,1-4H3/t16-,17?,19?,21+,23+,24+,25+/m1/s1. The number of hydrogen-bond acceptors (Lipinski definition) is 5. The summed E-state index contributed by atoms with van der Waals surface area (Å²) in [7, 11) is 0. The van der Waals surface area contributed by atoms with Gasteiger partial charge in [0.25, 0.3) is 0 Å². The van der Waals surface area contributed by atoms with Crippen LogP contribution in [0.4, 0.5) is 8.78 Å². The quantitative estimate of drug-likeness (QED) is 0.444. The van der Waals surface area contributed by atoms with Gasteiger partial charge in [-0.25, -0.2) is 8.78 Å². The first-order valence-electron chi connectivity index (χ1n) is 11.1. The monoisotopic (exact) mass is 466 g/mol. The fourth-order valence-corrected chi connectivity index (χ4v) is 7.35. The number of carbonyl (C=O) groups is 3. The normalized spacial score (nSPS) is 41.1. The molecule has 0 heterocycles. The Hall–Kier alpha value is -1.60. The molecule has 3 aliphatic rings. The maximum absolute atomic E-state index is 15.6. The lowest BCUT2D eigenvalue weighted by molar-refractivity contribution is -0.151. The third-order valence-electron chi connectivity index (χ3n) is 7.96. The van der Waals surface area contributed by atoms with E-state index in [0.29, 0.717) is 36.5 Å². The highest BCUT2D eigenvalue weighted by Gasteiger charge is 2.66. The van der Waals surface area contributed by atoms with Gasteiger partial charge in [-0.1, -0.05) is 43.3 Å². The highest BCUT2D eigenvalue weighted by Crippen LogP contribution is 2.63. The number of rotatable bonds is 6. The van der Waals surface area contributed by atoms with E-state index in [1.807, 2.05) is 19.9 Å². The minimum atomic E-state index is -1.88. The summed E-state index contributed by atoms with van der Waals surface area (Å²) in [6, 6.07) is -0.956. The topological polar surface area (TPSA) is 71.4 Å². The van der Waals surface area contributed by atoms with Crippen LogP contribution in [0.2, 0.25) is 0 Å². The Labute approximate surface area is 192 Å². The lowest BCUT2D eigenvalue weighted by atomic mass is 9.56. The molecule has 2 unspecified atom stereocenters. The van der Waals surface area contributed by atoms with Crippen LogP contribution in [-0.4, -0.2) is 40.1 Å². The molecule has 7 heteroatoms.